The molecule has 3 aliphatic carbocycles. The number of nitrogens with zero attached hydrogens (tertiary/aromatic N) is 5. The topological polar surface area (TPSA) is 82.8 Å². The molecular weight excluding hydrogens is 551 g/mol. The summed E-state index contributed by atoms with van der Waals surface area (Å²) in [4.78, 5) is 33.0. The number of alkyl halides is 3. The highest BCUT2D eigenvalue weighted by molar-refractivity contribution is 7.10. The van der Waals surface area contributed by atoms with Crippen LogP contribution in [0.4, 0.5) is 13.2 Å². The summed E-state index contributed by atoms with van der Waals surface area (Å²) in [6.45, 7) is 6.19. The number of fused-ring (bicyclic) bond motifs is 2. The number of hydrogen-bond donors (Lipinski definition) is 0. The van der Waals surface area contributed by atoms with E-state index in [9.17, 15) is 18.0 Å². The van der Waals surface area contributed by atoms with E-state index in [4.69, 9.17) is 24.7 Å². The molecule has 0 N–H and O–H groups in total. The van der Waals surface area contributed by atoms with E-state index in [1.165, 1.54) is 0 Å². The van der Waals surface area contributed by atoms with E-state index >= 15 is 0 Å². The van der Waals surface area contributed by atoms with Gasteiger partial charge in [-0.15, -0.1) is 11.3 Å². The Balaban J connectivity index is 1.24. The molecule has 4 fully saturated rings. The first-order valence-electron chi connectivity index (χ1n) is 14.0. The van der Waals surface area contributed by atoms with Gasteiger partial charge in [-0.3, -0.25) is 9.36 Å². The molecule has 0 amide bonds. The van der Waals surface area contributed by atoms with Crippen molar-refractivity contribution in [2.24, 2.45) is 11.3 Å². The molecule has 8 rings (SSSR count). The molecule has 1 aliphatic heterocycles. The molecule has 11 heteroatoms. The fraction of sp³-hybridized carbons (Fsp3) is 0.500. The Labute approximate surface area is 238 Å². The van der Waals surface area contributed by atoms with Crippen molar-refractivity contribution >= 4 is 22.5 Å². The number of halogens is 3. The maximum Gasteiger partial charge on any atom is 0.394 e. The molecule has 3 atom stereocenters. The Hall–Kier alpha value is -3.18. The van der Waals surface area contributed by atoms with Crippen LogP contribution in [0.15, 0.2) is 34.6 Å². The molecule has 0 spiro atoms. The predicted octanol–water partition coefficient (Wildman–Crippen LogP) is 6.64. The zero-order chi connectivity index (χ0) is 28.7. The molecule has 41 heavy (non-hydrogen) atoms. The zero-order valence-corrected chi connectivity index (χ0v) is 23.8. The van der Waals surface area contributed by atoms with Crippen molar-refractivity contribution in [3.05, 3.63) is 73.5 Å². The van der Waals surface area contributed by atoms with Gasteiger partial charge in [0.25, 0.3) is 5.56 Å². The van der Waals surface area contributed by atoms with Crippen molar-refractivity contribution < 1.29 is 17.9 Å². The first-order chi connectivity index (χ1) is 19.5. The maximum absolute atomic E-state index is 13.9. The number of ether oxygens (including phenoxy) is 1. The van der Waals surface area contributed by atoms with Crippen molar-refractivity contribution in [3.8, 4) is 5.69 Å². The average molecular weight is 582 g/mol. The van der Waals surface area contributed by atoms with Crippen molar-refractivity contribution in [1.29, 1.82) is 0 Å². The fourth-order valence-corrected chi connectivity index (χ4v) is 7.63. The number of aromatic nitrogens is 5. The van der Waals surface area contributed by atoms with Crippen LogP contribution in [-0.2, 0) is 4.74 Å². The minimum atomic E-state index is -4.21. The van der Waals surface area contributed by atoms with Crippen LogP contribution >= 0.6 is 11.3 Å². The number of thiophene rings is 1. The van der Waals surface area contributed by atoms with Crippen LogP contribution in [0, 0.1) is 32.1 Å². The molecule has 1 saturated heterocycles. The van der Waals surface area contributed by atoms with Gasteiger partial charge in [0.1, 0.15) is 11.3 Å². The summed E-state index contributed by atoms with van der Waals surface area (Å²) in [5.74, 6) is 0.142. The van der Waals surface area contributed by atoms with Gasteiger partial charge >= 0.3 is 6.18 Å². The van der Waals surface area contributed by atoms with Gasteiger partial charge in [-0.1, -0.05) is 0 Å². The van der Waals surface area contributed by atoms with Crippen molar-refractivity contribution in [1.82, 2.24) is 24.5 Å². The lowest BCUT2D eigenvalue weighted by atomic mass is 9.68. The Morgan fingerprint density at radius 1 is 1.05 bits per heavy atom. The number of pyridine rings is 1. The second-order valence-corrected chi connectivity index (χ2v) is 13.1. The van der Waals surface area contributed by atoms with Crippen LogP contribution in [-0.4, -0.2) is 37.3 Å². The second-order valence-electron chi connectivity index (χ2n) is 12.0. The third-order valence-corrected chi connectivity index (χ3v) is 10.2. The summed E-state index contributed by atoms with van der Waals surface area (Å²) in [5.41, 5.74) is 3.03. The smallest absolute Gasteiger partial charge is 0.373 e. The quantitative estimate of drug-likeness (QED) is 0.269. The summed E-state index contributed by atoms with van der Waals surface area (Å²) in [7, 11) is 0. The predicted molar refractivity (Wildman–Crippen MR) is 148 cm³/mol. The van der Waals surface area contributed by atoms with Gasteiger partial charge in [-0.05, 0) is 76.5 Å². The lowest BCUT2D eigenvalue weighted by Crippen LogP contribution is -2.42. The molecular formula is C30H30F3N5O2S. The van der Waals surface area contributed by atoms with Crippen LogP contribution in [0.3, 0.4) is 0 Å². The summed E-state index contributed by atoms with van der Waals surface area (Å²) >= 11 is 1.58. The molecule has 2 bridgehead atoms. The summed E-state index contributed by atoms with van der Waals surface area (Å²) in [6.07, 6.45) is -1.03. The molecule has 0 aromatic carbocycles. The highest BCUT2D eigenvalue weighted by Crippen LogP contribution is 2.70. The van der Waals surface area contributed by atoms with Crippen LogP contribution in [0.2, 0.25) is 0 Å². The Morgan fingerprint density at radius 3 is 2.54 bits per heavy atom. The maximum atomic E-state index is 13.9. The zero-order valence-electron chi connectivity index (χ0n) is 23.0. The molecule has 214 valence electrons. The van der Waals surface area contributed by atoms with Crippen LogP contribution in [0.1, 0.15) is 83.4 Å². The molecule has 4 aromatic heterocycles. The van der Waals surface area contributed by atoms with Crippen molar-refractivity contribution in [2.45, 2.75) is 77.0 Å². The molecule has 3 saturated carbocycles. The van der Waals surface area contributed by atoms with E-state index in [0.717, 1.165) is 27.5 Å². The minimum absolute atomic E-state index is 0.0430. The Morgan fingerprint density at radius 2 is 1.83 bits per heavy atom. The van der Waals surface area contributed by atoms with Crippen LogP contribution < -0.4 is 5.56 Å². The number of rotatable bonds is 4. The highest BCUT2D eigenvalue weighted by atomic mass is 32.1. The fourth-order valence-electron chi connectivity index (χ4n) is 6.96. The summed E-state index contributed by atoms with van der Waals surface area (Å²) < 4.78 is 49.6. The van der Waals surface area contributed by atoms with Gasteiger partial charge < -0.3 is 4.74 Å². The van der Waals surface area contributed by atoms with E-state index in [2.05, 4.69) is 0 Å². The van der Waals surface area contributed by atoms with Gasteiger partial charge in [0, 0.05) is 41.0 Å². The Kier molecular flexibility index (Phi) is 6.13. The highest BCUT2D eigenvalue weighted by Gasteiger charge is 2.69. The SMILES string of the molecule is Cc1cc(-n2cc([C@H]3CC(c4nc([C@@H]5CC6(C(F)(F)F)CC5C6)c5nc(C)c(C)nc5n4)CCO3)ccc2=O)cs1. The van der Waals surface area contributed by atoms with Crippen LogP contribution in [0.25, 0.3) is 16.9 Å². The lowest BCUT2D eigenvalue weighted by Gasteiger charge is -2.39. The van der Waals surface area contributed by atoms with Crippen molar-refractivity contribution in [3.63, 3.8) is 0 Å². The van der Waals surface area contributed by atoms with Gasteiger partial charge in [0.2, 0.25) is 0 Å². The summed E-state index contributed by atoms with van der Waals surface area (Å²) in [6, 6.07) is 5.34. The third kappa shape index (κ3) is 4.39. The lowest BCUT2D eigenvalue weighted by molar-refractivity contribution is -0.244. The average Bonchev–Trinajstić information content (AvgIpc) is 3.63. The van der Waals surface area contributed by atoms with Crippen molar-refractivity contribution in [2.75, 3.05) is 6.61 Å². The largest absolute Gasteiger partial charge is 0.394 e. The van der Waals surface area contributed by atoms with E-state index < -0.39 is 11.6 Å². The third-order valence-electron chi connectivity index (χ3n) is 9.37. The monoisotopic (exact) mass is 581 g/mol. The standard InChI is InChI=1S/C30H30F3N5O2S/c1-15-8-21(14-41-15)38-13-19(4-5-24(38)39)23-9-18(6-7-40-23)27-36-25(26-28(37-27)35-17(3)16(2)34-26)22-12-29(30(31,32)33)10-20(22)11-29/h4-5,8,13-14,18,20,22-23H,6-7,9-12H2,1-3H3/t18?,20?,22-,23-,29?/m1/s1. The molecule has 4 aliphatic rings. The van der Waals surface area contributed by atoms with E-state index in [-0.39, 0.29) is 48.7 Å². The normalized spacial score (nSPS) is 27.8. The first kappa shape index (κ1) is 26.7. The van der Waals surface area contributed by atoms with Gasteiger partial charge in [0.05, 0.1) is 34.3 Å². The Bertz CT molecular complexity index is 1730. The van der Waals surface area contributed by atoms with Crippen LogP contribution in [0.5, 0.6) is 0 Å². The number of hydrogen-bond acceptors (Lipinski definition) is 7. The first-order valence-corrected chi connectivity index (χ1v) is 14.9. The minimum Gasteiger partial charge on any atom is -0.373 e. The second kappa shape index (κ2) is 9.42. The summed E-state index contributed by atoms with van der Waals surface area (Å²) in [5, 5.41) is 1.95. The number of aryl methyl sites for hydroxylation is 3. The molecule has 0 radical (unpaired) electrons. The molecule has 5 heterocycles. The van der Waals surface area contributed by atoms with E-state index in [0.29, 0.717) is 42.1 Å². The van der Waals surface area contributed by atoms with Gasteiger partial charge in [-0.25, -0.2) is 19.9 Å². The molecule has 7 nitrogen and oxygen atoms in total. The van der Waals surface area contributed by atoms with Gasteiger partial charge in [0.15, 0.2) is 5.65 Å². The molecule has 4 aromatic rings. The van der Waals surface area contributed by atoms with E-state index in [1.807, 2.05) is 38.4 Å². The van der Waals surface area contributed by atoms with Gasteiger partial charge in [-0.2, -0.15) is 13.2 Å². The van der Waals surface area contributed by atoms with E-state index in [1.54, 1.807) is 28.0 Å². The molecule has 1 unspecified atom stereocenters.